The molecular formula is C23H25ClN2O5S. The second-order valence-corrected chi connectivity index (χ2v) is 8.88. The lowest BCUT2D eigenvalue weighted by molar-refractivity contribution is -0.118. The van der Waals surface area contributed by atoms with Crippen LogP contribution in [0.3, 0.4) is 0 Å². The van der Waals surface area contributed by atoms with E-state index in [4.69, 9.17) is 25.5 Å². The van der Waals surface area contributed by atoms with Crippen LogP contribution in [-0.2, 0) is 27.8 Å². The number of aryl methyl sites for hydroxylation is 1. The minimum Gasteiger partial charge on any atom is -0.493 e. The second-order valence-electron chi connectivity index (χ2n) is 7.02. The molecule has 0 bridgehead atoms. The van der Waals surface area contributed by atoms with Crippen LogP contribution in [0, 0.1) is 6.92 Å². The zero-order valence-corrected chi connectivity index (χ0v) is 19.7. The number of nitrogens with one attached hydrogen (secondary N) is 1. The van der Waals surface area contributed by atoms with Gasteiger partial charge in [0.15, 0.2) is 11.5 Å². The summed E-state index contributed by atoms with van der Waals surface area (Å²) >= 11 is 6.19. The van der Waals surface area contributed by atoms with Gasteiger partial charge in [-0.05, 0) is 43.2 Å². The Labute approximate surface area is 194 Å². The van der Waals surface area contributed by atoms with E-state index < -0.39 is 10.8 Å². The minimum absolute atomic E-state index is 0.111. The van der Waals surface area contributed by atoms with Crippen molar-refractivity contribution in [3.8, 4) is 23.0 Å². The number of methoxy groups -OCH3 is 2. The first-order chi connectivity index (χ1) is 15.4. The maximum atomic E-state index is 12.5. The summed E-state index contributed by atoms with van der Waals surface area (Å²) < 4.78 is 28.7. The molecule has 7 nitrogen and oxygen atoms in total. The van der Waals surface area contributed by atoms with Gasteiger partial charge in [-0.15, -0.1) is 0 Å². The number of nitrogens with zero attached hydrogens (tertiary/aromatic N) is 1. The van der Waals surface area contributed by atoms with Gasteiger partial charge in [-0.25, -0.2) is 4.98 Å². The van der Waals surface area contributed by atoms with Gasteiger partial charge >= 0.3 is 0 Å². The molecule has 0 aliphatic carbocycles. The lowest BCUT2D eigenvalue weighted by Crippen LogP contribution is -2.30. The van der Waals surface area contributed by atoms with Gasteiger partial charge in [0.05, 0.1) is 36.3 Å². The van der Waals surface area contributed by atoms with Crippen molar-refractivity contribution < 1.29 is 22.9 Å². The van der Waals surface area contributed by atoms with Crippen LogP contribution < -0.4 is 14.8 Å². The molecule has 1 atom stereocenters. The van der Waals surface area contributed by atoms with Gasteiger partial charge in [0.25, 0.3) is 0 Å². The Morgan fingerprint density at radius 1 is 1.16 bits per heavy atom. The van der Waals surface area contributed by atoms with Crippen LogP contribution in [-0.4, -0.2) is 41.6 Å². The number of ether oxygens (including phenoxy) is 2. The Balaban J connectivity index is 1.50. The summed E-state index contributed by atoms with van der Waals surface area (Å²) in [6.07, 6.45) is 0.613. The average Bonchev–Trinajstić information content (AvgIpc) is 3.13. The van der Waals surface area contributed by atoms with E-state index in [0.29, 0.717) is 52.4 Å². The van der Waals surface area contributed by atoms with Gasteiger partial charge in [-0.2, -0.15) is 0 Å². The normalized spacial score (nSPS) is 11.8. The number of carbonyl (C=O) groups excluding carboxylic acids is 1. The first-order valence-electron chi connectivity index (χ1n) is 9.95. The average molecular weight is 477 g/mol. The highest BCUT2D eigenvalue weighted by Crippen LogP contribution is 2.29. The number of hydrogen-bond donors (Lipinski definition) is 1. The van der Waals surface area contributed by atoms with Crippen LogP contribution in [0.4, 0.5) is 0 Å². The van der Waals surface area contributed by atoms with Crippen molar-refractivity contribution in [3.05, 3.63) is 64.5 Å². The highest BCUT2D eigenvalue weighted by Gasteiger charge is 2.17. The van der Waals surface area contributed by atoms with E-state index in [9.17, 15) is 9.00 Å². The molecule has 0 fully saturated rings. The molecule has 1 amide bonds. The first-order valence-corrected chi connectivity index (χ1v) is 11.8. The standard InChI is InChI=1S/C23H25ClN2O5S/c1-15-19(26-23(31-15)17-6-4-5-7-18(17)24)13-32(28)14-22(27)25-11-10-16-8-9-20(29-2)21(12-16)30-3/h4-9,12H,10-11,13-14H2,1-3H3,(H,25,27). The van der Waals surface area contributed by atoms with Crippen LogP contribution in [0.5, 0.6) is 11.5 Å². The van der Waals surface area contributed by atoms with Crippen LogP contribution >= 0.6 is 11.6 Å². The molecule has 1 heterocycles. The molecule has 0 saturated carbocycles. The third-order valence-corrected chi connectivity index (χ3v) is 6.28. The Morgan fingerprint density at radius 2 is 1.91 bits per heavy atom. The number of aromatic nitrogens is 1. The first kappa shape index (κ1) is 23.8. The molecule has 170 valence electrons. The smallest absolute Gasteiger partial charge is 0.232 e. The van der Waals surface area contributed by atoms with Gasteiger partial charge in [-0.3, -0.25) is 9.00 Å². The number of amides is 1. The quantitative estimate of drug-likeness (QED) is 0.476. The summed E-state index contributed by atoms with van der Waals surface area (Å²) in [5.41, 5.74) is 2.22. The summed E-state index contributed by atoms with van der Waals surface area (Å²) in [5.74, 6) is 1.95. The maximum absolute atomic E-state index is 12.5. The fraction of sp³-hybridized carbons (Fsp3) is 0.304. The predicted octanol–water partition coefficient (Wildman–Crippen LogP) is 3.93. The number of oxazole rings is 1. The van der Waals surface area contributed by atoms with E-state index >= 15 is 0 Å². The van der Waals surface area contributed by atoms with E-state index in [1.165, 1.54) is 0 Å². The van der Waals surface area contributed by atoms with E-state index in [1.807, 2.05) is 30.3 Å². The molecule has 2 aromatic carbocycles. The molecule has 1 N–H and O–H groups in total. The minimum atomic E-state index is -1.42. The number of halogens is 1. The van der Waals surface area contributed by atoms with Gasteiger partial charge in [0.1, 0.15) is 11.5 Å². The lowest BCUT2D eigenvalue weighted by atomic mass is 10.1. The van der Waals surface area contributed by atoms with E-state index in [1.54, 1.807) is 33.3 Å². The summed E-state index contributed by atoms with van der Waals surface area (Å²) in [6, 6.07) is 12.8. The van der Waals surface area contributed by atoms with Crippen molar-refractivity contribution in [1.29, 1.82) is 0 Å². The van der Waals surface area contributed by atoms with Crippen molar-refractivity contribution >= 4 is 28.3 Å². The molecule has 1 aromatic heterocycles. The van der Waals surface area contributed by atoms with Gasteiger partial charge in [0, 0.05) is 17.3 Å². The Morgan fingerprint density at radius 3 is 2.62 bits per heavy atom. The van der Waals surface area contributed by atoms with E-state index in [0.717, 1.165) is 5.56 Å². The Hall–Kier alpha value is -2.84. The SMILES string of the molecule is COc1ccc(CCNC(=O)CS(=O)Cc2nc(-c3ccccc3Cl)oc2C)cc1OC. The molecule has 1 unspecified atom stereocenters. The zero-order valence-electron chi connectivity index (χ0n) is 18.1. The predicted molar refractivity (Wildman–Crippen MR) is 125 cm³/mol. The number of hydrogen-bond acceptors (Lipinski definition) is 6. The molecule has 0 aliphatic heterocycles. The monoisotopic (exact) mass is 476 g/mol. The molecule has 0 aliphatic rings. The number of benzene rings is 2. The van der Waals surface area contributed by atoms with Crippen LogP contribution in [0.2, 0.25) is 5.02 Å². The maximum Gasteiger partial charge on any atom is 0.232 e. The molecule has 0 saturated heterocycles. The molecule has 32 heavy (non-hydrogen) atoms. The largest absolute Gasteiger partial charge is 0.493 e. The number of carbonyl (C=O) groups is 1. The molecule has 0 spiro atoms. The third-order valence-electron chi connectivity index (χ3n) is 4.77. The second kappa shape index (κ2) is 11.2. The fourth-order valence-corrected chi connectivity index (χ4v) is 4.38. The fourth-order valence-electron chi connectivity index (χ4n) is 3.09. The summed E-state index contributed by atoms with van der Waals surface area (Å²) in [4.78, 5) is 16.6. The van der Waals surface area contributed by atoms with Crippen molar-refractivity contribution in [2.45, 2.75) is 19.1 Å². The molecule has 9 heteroatoms. The summed E-state index contributed by atoms with van der Waals surface area (Å²) in [6.45, 7) is 2.17. The third kappa shape index (κ3) is 6.11. The zero-order chi connectivity index (χ0) is 23.1. The molecule has 3 aromatic rings. The topological polar surface area (TPSA) is 90.7 Å². The molecular weight excluding hydrogens is 452 g/mol. The van der Waals surface area contributed by atoms with E-state index in [2.05, 4.69) is 10.3 Å². The van der Waals surface area contributed by atoms with Crippen LogP contribution in [0.15, 0.2) is 46.9 Å². The van der Waals surface area contributed by atoms with Crippen molar-refractivity contribution in [3.63, 3.8) is 0 Å². The summed E-state index contributed by atoms with van der Waals surface area (Å²) in [7, 11) is 1.73. The lowest BCUT2D eigenvalue weighted by Gasteiger charge is -2.10. The molecule has 0 radical (unpaired) electrons. The highest BCUT2D eigenvalue weighted by molar-refractivity contribution is 7.84. The Bertz CT molecular complexity index is 1120. The van der Waals surface area contributed by atoms with Crippen molar-refractivity contribution in [2.75, 3.05) is 26.5 Å². The van der Waals surface area contributed by atoms with Crippen molar-refractivity contribution in [1.82, 2.24) is 10.3 Å². The van der Waals surface area contributed by atoms with E-state index in [-0.39, 0.29) is 17.4 Å². The van der Waals surface area contributed by atoms with Crippen molar-refractivity contribution in [2.24, 2.45) is 0 Å². The summed E-state index contributed by atoms with van der Waals surface area (Å²) in [5, 5.41) is 3.33. The Kier molecular flexibility index (Phi) is 8.30. The van der Waals surface area contributed by atoms with Crippen LogP contribution in [0.1, 0.15) is 17.0 Å². The molecule has 3 rings (SSSR count). The highest BCUT2D eigenvalue weighted by atomic mass is 35.5. The van der Waals surface area contributed by atoms with Gasteiger partial charge in [0.2, 0.25) is 11.8 Å². The van der Waals surface area contributed by atoms with Gasteiger partial charge < -0.3 is 19.2 Å². The number of rotatable bonds is 10. The van der Waals surface area contributed by atoms with Gasteiger partial charge in [-0.1, -0.05) is 29.8 Å². The van der Waals surface area contributed by atoms with Crippen LogP contribution in [0.25, 0.3) is 11.5 Å².